The number of nitrogens with zero attached hydrogens (tertiary/aromatic N) is 2. The second-order valence-corrected chi connectivity index (χ2v) is 9.83. The maximum absolute atomic E-state index is 11.6. The highest BCUT2D eigenvalue weighted by Gasteiger charge is 2.51. The van der Waals surface area contributed by atoms with Crippen molar-refractivity contribution >= 4 is 5.97 Å². The first-order chi connectivity index (χ1) is 14.6. The van der Waals surface area contributed by atoms with Crippen molar-refractivity contribution in [3.05, 3.63) is 35.9 Å². The number of carboxylic acids is 1. The molecular formula is C24H35N3O3. The smallest absolute Gasteiger partial charge is 0.305 e. The van der Waals surface area contributed by atoms with E-state index < -0.39 is 5.97 Å². The Balaban J connectivity index is 1.12. The van der Waals surface area contributed by atoms with Gasteiger partial charge in [0, 0.05) is 63.4 Å². The Kier molecular flexibility index (Phi) is 5.84. The SMILES string of the molecule is O=C(O)CC1(N2CCC(N[C@@H]3C[C@@H]3c3ccccc3)CC2)CN(C2CCOCC2)C1. The number of carboxylic acid groups (broad SMARTS) is 1. The normalized spacial score (nSPS) is 30.7. The number of hydrogen-bond acceptors (Lipinski definition) is 5. The van der Waals surface area contributed by atoms with E-state index in [1.165, 1.54) is 12.0 Å². The minimum absolute atomic E-state index is 0.165. The molecule has 164 valence electrons. The largest absolute Gasteiger partial charge is 0.481 e. The highest BCUT2D eigenvalue weighted by atomic mass is 16.5. The first-order valence-corrected chi connectivity index (χ1v) is 11.7. The van der Waals surface area contributed by atoms with Crippen LogP contribution in [0.3, 0.4) is 0 Å². The summed E-state index contributed by atoms with van der Waals surface area (Å²) in [6.45, 7) is 5.51. The summed E-state index contributed by atoms with van der Waals surface area (Å²) in [5.74, 6) is 0.00723. The second-order valence-electron chi connectivity index (χ2n) is 9.83. The van der Waals surface area contributed by atoms with E-state index >= 15 is 0 Å². The fourth-order valence-corrected chi connectivity index (χ4v) is 5.99. The van der Waals surface area contributed by atoms with E-state index in [1.54, 1.807) is 0 Å². The van der Waals surface area contributed by atoms with Gasteiger partial charge in [-0.05, 0) is 37.7 Å². The van der Waals surface area contributed by atoms with Crippen LogP contribution in [0.15, 0.2) is 30.3 Å². The number of likely N-dealkylation sites (tertiary alicyclic amines) is 2. The lowest BCUT2D eigenvalue weighted by Gasteiger charge is -2.59. The molecule has 3 saturated heterocycles. The first-order valence-electron chi connectivity index (χ1n) is 11.7. The number of benzene rings is 1. The van der Waals surface area contributed by atoms with Crippen molar-refractivity contribution in [1.29, 1.82) is 0 Å². The van der Waals surface area contributed by atoms with Crippen molar-refractivity contribution in [1.82, 2.24) is 15.1 Å². The van der Waals surface area contributed by atoms with Crippen LogP contribution in [0.25, 0.3) is 0 Å². The topological polar surface area (TPSA) is 65.0 Å². The molecule has 30 heavy (non-hydrogen) atoms. The number of rotatable bonds is 7. The molecular weight excluding hydrogens is 378 g/mol. The average Bonchev–Trinajstić information content (AvgIpc) is 3.51. The van der Waals surface area contributed by atoms with E-state index in [0.717, 1.165) is 65.1 Å². The van der Waals surface area contributed by atoms with Gasteiger partial charge in [-0.15, -0.1) is 0 Å². The summed E-state index contributed by atoms with van der Waals surface area (Å²) in [6.07, 6.45) is 5.92. The summed E-state index contributed by atoms with van der Waals surface area (Å²) in [7, 11) is 0. The van der Waals surface area contributed by atoms with Gasteiger partial charge in [0.15, 0.2) is 0 Å². The van der Waals surface area contributed by atoms with Gasteiger partial charge in [0.2, 0.25) is 0 Å². The Labute approximate surface area is 179 Å². The number of ether oxygens (including phenoxy) is 1. The van der Waals surface area contributed by atoms with Gasteiger partial charge in [0.05, 0.1) is 12.0 Å². The molecule has 1 aromatic carbocycles. The Morgan fingerprint density at radius 3 is 2.47 bits per heavy atom. The molecule has 6 nitrogen and oxygen atoms in total. The molecule has 5 rings (SSSR count). The zero-order valence-corrected chi connectivity index (χ0v) is 17.8. The predicted molar refractivity (Wildman–Crippen MR) is 116 cm³/mol. The van der Waals surface area contributed by atoms with Gasteiger partial charge in [0.25, 0.3) is 0 Å². The van der Waals surface area contributed by atoms with Crippen LogP contribution in [-0.4, -0.2) is 83.9 Å². The van der Waals surface area contributed by atoms with Gasteiger partial charge in [0.1, 0.15) is 0 Å². The summed E-state index contributed by atoms with van der Waals surface area (Å²) in [6, 6.07) is 12.6. The van der Waals surface area contributed by atoms with E-state index in [0.29, 0.717) is 24.0 Å². The maximum Gasteiger partial charge on any atom is 0.305 e. The van der Waals surface area contributed by atoms with E-state index in [4.69, 9.17) is 4.74 Å². The number of hydrogen-bond donors (Lipinski definition) is 2. The van der Waals surface area contributed by atoms with Gasteiger partial charge >= 0.3 is 5.97 Å². The van der Waals surface area contributed by atoms with Gasteiger partial charge in [-0.1, -0.05) is 30.3 Å². The third-order valence-corrected chi connectivity index (χ3v) is 7.82. The first kappa shape index (κ1) is 20.4. The van der Waals surface area contributed by atoms with E-state index in [9.17, 15) is 9.90 Å². The Morgan fingerprint density at radius 1 is 1.10 bits per heavy atom. The molecule has 3 aliphatic heterocycles. The Bertz CT molecular complexity index is 722. The van der Waals surface area contributed by atoms with Crippen LogP contribution in [0.2, 0.25) is 0 Å². The van der Waals surface area contributed by atoms with Crippen molar-refractivity contribution in [2.75, 3.05) is 39.4 Å². The number of piperidine rings is 1. The van der Waals surface area contributed by atoms with E-state index in [2.05, 4.69) is 45.4 Å². The lowest BCUT2D eigenvalue weighted by Crippen LogP contribution is -2.74. The molecule has 0 radical (unpaired) electrons. The highest BCUT2D eigenvalue weighted by Crippen LogP contribution is 2.42. The molecule has 2 N–H and O–H groups in total. The molecule has 0 amide bonds. The maximum atomic E-state index is 11.6. The van der Waals surface area contributed by atoms with Crippen LogP contribution in [0.5, 0.6) is 0 Å². The van der Waals surface area contributed by atoms with E-state index in [1.807, 2.05) is 0 Å². The molecule has 2 atom stereocenters. The summed E-state index contributed by atoms with van der Waals surface area (Å²) >= 11 is 0. The molecule has 1 aliphatic carbocycles. The Morgan fingerprint density at radius 2 is 1.80 bits per heavy atom. The van der Waals surface area contributed by atoms with Crippen LogP contribution in [0.1, 0.15) is 50.0 Å². The zero-order chi connectivity index (χ0) is 20.6. The third kappa shape index (κ3) is 4.28. The van der Waals surface area contributed by atoms with Crippen LogP contribution in [0.4, 0.5) is 0 Å². The molecule has 1 aromatic rings. The molecule has 4 aliphatic rings. The molecule has 0 unspecified atom stereocenters. The highest BCUT2D eigenvalue weighted by molar-refractivity contribution is 5.69. The van der Waals surface area contributed by atoms with Gasteiger partial charge in [-0.25, -0.2) is 0 Å². The third-order valence-electron chi connectivity index (χ3n) is 7.82. The molecule has 6 heteroatoms. The monoisotopic (exact) mass is 413 g/mol. The molecule has 1 saturated carbocycles. The van der Waals surface area contributed by atoms with Crippen molar-refractivity contribution in [2.45, 2.75) is 68.1 Å². The molecule has 4 fully saturated rings. The molecule has 0 aromatic heterocycles. The predicted octanol–water partition coefficient (Wildman–Crippen LogP) is 2.30. The summed E-state index contributed by atoms with van der Waals surface area (Å²) in [5.41, 5.74) is 1.29. The van der Waals surface area contributed by atoms with Crippen LogP contribution < -0.4 is 5.32 Å². The van der Waals surface area contributed by atoms with Crippen molar-refractivity contribution in [3.8, 4) is 0 Å². The quantitative estimate of drug-likeness (QED) is 0.715. The van der Waals surface area contributed by atoms with Gasteiger partial charge in [-0.2, -0.15) is 0 Å². The van der Waals surface area contributed by atoms with Gasteiger partial charge < -0.3 is 15.2 Å². The summed E-state index contributed by atoms with van der Waals surface area (Å²) in [4.78, 5) is 16.6. The summed E-state index contributed by atoms with van der Waals surface area (Å²) in [5, 5.41) is 13.5. The van der Waals surface area contributed by atoms with E-state index in [-0.39, 0.29) is 12.0 Å². The average molecular weight is 414 g/mol. The summed E-state index contributed by atoms with van der Waals surface area (Å²) < 4.78 is 5.50. The van der Waals surface area contributed by atoms with Crippen molar-refractivity contribution in [3.63, 3.8) is 0 Å². The molecule has 0 bridgehead atoms. The number of aliphatic carboxylic acids is 1. The lowest BCUT2D eigenvalue weighted by atomic mass is 9.80. The van der Waals surface area contributed by atoms with Crippen molar-refractivity contribution < 1.29 is 14.6 Å². The van der Waals surface area contributed by atoms with Gasteiger partial charge in [-0.3, -0.25) is 14.6 Å². The van der Waals surface area contributed by atoms with Crippen LogP contribution in [0, 0.1) is 0 Å². The molecule has 3 heterocycles. The minimum atomic E-state index is -0.662. The number of carbonyl (C=O) groups is 1. The number of nitrogens with one attached hydrogen (secondary N) is 1. The fourth-order valence-electron chi connectivity index (χ4n) is 5.99. The minimum Gasteiger partial charge on any atom is -0.481 e. The fraction of sp³-hybridized carbons (Fsp3) is 0.708. The zero-order valence-electron chi connectivity index (χ0n) is 17.8. The van der Waals surface area contributed by atoms with Crippen LogP contribution in [-0.2, 0) is 9.53 Å². The standard InChI is InChI=1S/C24H35N3O3/c28-23(29)15-24(16-26(17-24)20-8-12-30-13-9-20)27-10-6-19(7-11-27)25-22-14-21(22)18-4-2-1-3-5-18/h1-5,19-22,25H,6-17H2,(H,28,29)/t21-,22-/m1/s1. The lowest BCUT2D eigenvalue weighted by molar-refractivity contribution is -0.151. The van der Waals surface area contributed by atoms with Crippen molar-refractivity contribution in [2.24, 2.45) is 0 Å². The Hall–Kier alpha value is -1.47. The second kappa shape index (κ2) is 8.58. The molecule has 0 spiro atoms. The van der Waals surface area contributed by atoms with Crippen LogP contribution >= 0.6 is 0 Å².